The second kappa shape index (κ2) is 5.19. The summed E-state index contributed by atoms with van der Waals surface area (Å²) in [4.78, 5) is 0. The van der Waals surface area contributed by atoms with Gasteiger partial charge >= 0.3 is 0 Å². The van der Waals surface area contributed by atoms with Crippen molar-refractivity contribution in [1.29, 1.82) is 0 Å². The average Bonchev–Trinajstić information content (AvgIpc) is 2.22. The highest BCUT2D eigenvalue weighted by Gasteiger charge is 2.14. The maximum absolute atomic E-state index is 13.4. The Labute approximate surface area is 88.3 Å². The van der Waals surface area contributed by atoms with Crippen molar-refractivity contribution >= 4 is 0 Å². The lowest BCUT2D eigenvalue weighted by Crippen LogP contribution is -2.10. The second-order valence-corrected chi connectivity index (χ2v) is 3.53. The van der Waals surface area contributed by atoms with Crippen LogP contribution < -0.4 is 11.5 Å². The molecule has 0 unspecified atom stereocenters. The van der Waals surface area contributed by atoms with E-state index in [1.54, 1.807) is 13.0 Å². The molecule has 0 saturated heterocycles. The van der Waals surface area contributed by atoms with Crippen LogP contribution in [0.4, 0.5) is 8.78 Å². The SMILES string of the molecule is Cc1c(CCN)cc(CCN)c(F)c1F. The fraction of sp³-hybridized carbons (Fsp3) is 0.455. The lowest BCUT2D eigenvalue weighted by molar-refractivity contribution is 0.491. The fourth-order valence-electron chi connectivity index (χ4n) is 1.58. The van der Waals surface area contributed by atoms with E-state index in [-0.39, 0.29) is 0 Å². The number of halogens is 2. The van der Waals surface area contributed by atoms with Crippen LogP contribution in [-0.4, -0.2) is 13.1 Å². The highest BCUT2D eigenvalue weighted by atomic mass is 19.2. The fourth-order valence-corrected chi connectivity index (χ4v) is 1.58. The summed E-state index contributed by atoms with van der Waals surface area (Å²) in [6.07, 6.45) is 0.904. The van der Waals surface area contributed by atoms with Gasteiger partial charge < -0.3 is 11.5 Å². The molecule has 0 aliphatic rings. The maximum Gasteiger partial charge on any atom is 0.162 e. The molecule has 1 aromatic rings. The molecule has 0 radical (unpaired) electrons. The Hall–Kier alpha value is -1.00. The smallest absolute Gasteiger partial charge is 0.162 e. The van der Waals surface area contributed by atoms with E-state index in [0.717, 1.165) is 5.56 Å². The van der Waals surface area contributed by atoms with Gasteiger partial charge in [-0.2, -0.15) is 0 Å². The molecule has 0 aliphatic heterocycles. The van der Waals surface area contributed by atoms with Crippen molar-refractivity contribution in [3.63, 3.8) is 0 Å². The lowest BCUT2D eigenvalue weighted by Gasteiger charge is -2.10. The van der Waals surface area contributed by atoms with Crippen LogP contribution in [0, 0.1) is 18.6 Å². The normalized spacial score (nSPS) is 10.7. The first kappa shape index (κ1) is 12.1. The zero-order chi connectivity index (χ0) is 11.4. The molecular formula is C11H16F2N2. The highest BCUT2D eigenvalue weighted by Crippen LogP contribution is 2.20. The van der Waals surface area contributed by atoms with Gasteiger partial charge in [-0.1, -0.05) is 6.07 Å². The molecule has 15 heavy (non-hydrogen) atoms. The van der Waals surface area contributed by atoms with Crippen LogP contribution in [0.2, 0.25) is 0 Å². The molecule has 0 aromatic heterocycles. The van der Waals surface area contributed by atoms with E-state index < -0.39 is 11.6 Å². The first-order chi connectivity index (χ1) is 7.11. The topological polar surface area (TPSA) is 52.0 Å². The van der Waals surface area contributed by atoms with Gasteiger partial charge in [0.1, 0.15) is 0 Å². The zero-order valence-electron chi connectivity index (χ0n) is 8.82. The van der Waals surface area contributed by atoms with Gasteiger partial charge in [0, 0.05) is 0 Å². The van der Waals surface area contributed by atoms with E-state index in [2.05, 4.69) is 0 Å². The highest BCUT2D eigenvalue weighted by molar-refractivity contribution is 5.34. The van der Waals surface area contributed by atoms with Gasteiger partial charge in [0.05, 0.1) is 0 Å². The molecule has 0 fully saturated rings. The van der Waals surface area contributed by atoms with Gasteiger partial charge in [-0.15, -0.1) is 0 Å². The molecule has 1 rings (SSSR count). The van der Waals surface area contributed by atoms with Crippen molar-refractivity contribution in [3.8, 4) is 0 Å². The Kier molecular flexibility index (Phi) is 4.17. The van der Waals surface area contributed by atoms with Crippen molar-refractivity contribution in [3.05, 3.63) is 34.4 Å². The van der Waals surface area contributed by atoms with Gasteiger partial charge in [-0.3, -0.25) is 0 Å². The summed E-state index contributed by atoms with van der Waals surface area (Å²) < 4.78 is 26.8. The minimum Gasteiger partial charge on any atom is -0.330 e. The van der Waals surface area contributed by atoms with Crippen LogP contribution in [0.15, 0.2) is 6.07 Å². The molecule has 1 aromatic carbocycles. The summed E-state index contributed by atoms with van der Waals surface area (Å²) in [7, 11) is 0. The largest absolute Gasteiger partial charge is 0.330 e. The van der Waals surface area contributed by atoms with Crippen LogP contribution in [0.25, 0.3) is 0 Å². The summed E-state index contributed by atoms with van der Waals surface area (Å²) >= 11 is 0. The van der Waals surface area contributed by atoms with Crippen molar-refractivity contribution in [2.24, 2.45) is 11.5 Å². The van der Waals surface area contributed by atoms with Crippen molar-refractivity contribution in [1.82, 2.24) is 0 Å². The molecular weight excluding hydrogens is 198 g/mol. The molecule has 0 heterocycles. The van der Waals surface area contributed by atoms with Crippen LogP contribution in [0.3, 0.4) is 0 Å². The molecule has 0 amide bonds. The van der Waals surface area contributed by atoms with Crippen LogP contribution >= 0.6 is 0 Å². The molecule has 0 atom stereocenters. The minimum atomic E-state index is -0.779. The Morgan fingerprint density at radius 1 is 1.00 bits per heavy atom. The van der Waals surface area contributed by atoms with Crippen molar-refractivity contribution in [2.45, 2.75) is 19.8 Å². The van der Waals surface area contributed by atoms with Crippen LogP contribution in [0.5, 0.6) is 0 Å². The first-order valence-electron chi connectivity index (χ1n) is 4.98. The van der Waals surface area contributed by atoms with Gasteiger partial charge in [-0.05, 0) is 49.5 Å². The molecule has 0 aliphatic carbocycles. The summed E-state index contributed by atoms with van der Waals surface area (Å²) in [5.41, 5.74) is 12.2. The zero-order valence-corrected chi connectivity index (χ0v) is 8.82. The van der Waals surface area contributed by atoms with E-state index >= 15 is 0 Å². The molecule has 4 heteroatoms. The van der Waals surface area contributed by atoms with E-state index in [1.807, 2.05) is 0 Å². The first-order valence-corrected chi connectivity index (χ1v) is 4.98. The van der Waals surface area contributed by atoms with Gasteiger partial charge in [0.25, 0.3) is 0 Å². The van der Waals surface area contributed by atoms with Crippen LogP contribution in [0.1, 0.15) is 16.7 Å². The lowest BCUT2D eigenvalue weighted by atomic mass is 9.99. The van der Waals surface area contributed by atoms with E-state index in [1.165, 1.54) is 0 Å². The van der Waals surface area contributed by atoms with Crippen molar-refractivity contribution < 1.29 is 8.78 Å². The standard InChI is InChI=1S/C11H16F2N2/c1-7-8(2-4-14)6-9(3-5-15)11(13)10(7)12/h6H,2-5,14-15H2,1H3. The number of hydrogen-bond acceptors (Lipinski definition) is 2. The van der Waals surface area contributed by atoms with Crippen LogP contribution in [-0.2, 0) is 12.8 Å². The summed E-state index contributed by atoms with van der Waals surface area (Å²) in [5, 5.41) is 0. The average molecular weight is 214 g/mol. The predicted molar refractivity (Wildman–Crippen MR) is 56.6 cm³/mol. The summed E-state index contributed by atoms with van der Waals surface area (Å²) in [5.74, 6) is -1.55. The van der Waals surface area contributed by atoms with Crippen molar-refractivity contribution in [2.75, 3.05) is 13.1 Å². The molecule has 2 nitrogen and oxygen atoms in total. The Morgan fingerprint density at radius 3 is 2.07 bits per heavy atom. The predicted octanol–water partition coefficient (Wildman–Crippen LogP) is 1.28. The Morgan fingerprint density at radius 2 is 1.53 bits per heavy atom. The minimum absolute atomic E-state index is 0.307. The number of hydrogen-bond donors (Lipinski definition) is 2. The Balaban J connectivity index is 3.19. The van der Waals surface area contributed by atoms with Gasteiger partial charge in [-0.25, -0.2) is 8.78 Å². The van der Waals surface area contributed by atoms with E-state index in [0.29, 0.717) is 37.1 Å². The summed E-state index contributed by atoms with van der Waals surface area (Å²) in [6, 6.07) is 1.66. The molecule has 4 N–H and O–H groups in total. The Bertz CT molecular complexity index is 321. The third-order valence-electron chi connectivity index (χ3n) is 2.46. The number of benzene rings is 1. The third-order valence-corrected chi connectivity index (χ3v) is 2.46. The third kappa shape index (κ3) is 2.52. The maximum atomic E-state index is 13.4. The molecule has 84 valence electrons. The summed E-state index contributed by atoms with van der Waals surface area (Å²) in [6.45, 7) is 2.30. The molecule has 0 spiro atoms. The molecule has 0 bridgehead atoms. The monoisotopic (exact) mass is 214 g/mol. The molecule has 0 saturated carbocycles. The number of nitrogens with two attached hydrogens (primary N) is 2. The quantitative estimate of drug-likeness (QED) is 0.793. The van der Waals surface area contributed by atoms with E-state index in [4.69, 9.17) is 11.5 Å². The second-order valence-electron chi connectivity index (χ2n) is 3.53. The number of rotatable bonds is 4. The van der Waals surface area contributed by atoms with E-state index in [9.17, 15) is 8.78 Å². The van der Waals surface area contributed by atoms with Gasteiger partial charge in [0.15, 0.2) is 11.6 Å². The van der Waals surface area contributed by atoms with Gasteiger partial charge in [0.2, 0.25) is 0 Å².